The number of benzene rings is 1. The van der Waals surface area contributed by atoms with Gasteiger partial charge in [-0.1, -0.05) is 26.8 Å². The first-order chi connectivity index (χ1) is 10.6. The molecule has 0 saturated heterocycles. The standard InChI is InChI=1S/C16H23NO5S/c1-16(2,3)12-7-9-14(10-8-12)22-23(20,21)15-6-4-5-13(11-15)17(18)19/h4-6,11-12,14H,7-10H2,1-3H3. The van der Waals surface area contributed by atoms with Crippen LogP contribution in [-0.2, 0) is 14.3 Å². The molecule has 0 bridgehead atoms. The van der Waals surface area contributed by atoms with E-state index in [2.05, 4.69) is 20.8 Å². The van der Waals surface area contributed by atoms with E-state index in [9.17, 15) is 18.5 Å². The van der Waals surface area contributed by atoms with Gasteiger partial charge in [-0.15, -0.1) is 0 Å². The van der Waals surface area contributed by atoms with Crippen LogP contribution in [0, 0.1) is 21.4 Å². The third-order valence-electron chi connectivity index (χ3n) is 4.48. The number of hydrogen-bond donors (Lipinski definition) is 0. The van der Waals surface area contributed by atoms with Crippen molar-refractivity contribution >= 4 is 15.8 Å². The van der Waals surface area contributed by atoms with Crippen LogP contribution in [0.25, 0.3) is 0 Å². The van der Waals surface area contributed by atoms with E-state index in [1.165, 1.54) is 18.2 Å². The highest BCUT2D eigenvalue weighted by molar-refractivity contribution is 7.86. The maximum atomic E-state index is 12.3. The third-order valence-corrected chi connectivity index (χ3v) is 5.84. The Morgan fingerprint density at radius 2 is 1.78 bits per heavy atom. The maximum Gasteiger partial charge on any atom is 0.297 e. The van der Waals surface area contributed by atoms with Gasteiger partial charge in [-0.3, -0.25) is 14.3 Å². The predicted octanol–water partition coefficient (Wildman–Crippen LogP) is 3.91. The summed E-state index contributed by atoms with van der Waals surface area (Å²) in [5, 5.41) is 10.8. The van der Waals surface area contributed by atoms with Crippen LogP contribution in [0.15, 0.2) is 29.2 Å². The van der Waals surface area contributed by atoms with Crippen molar-refractivity contribution in [3.63, 3.8) is 0 Å². The number of nitrogens with zero attached hydrogens (tertiary/aromatic N) is 1. The van der Waals surface area contributed by atoms with E-state index in [0.29, 0.717) is 18.8 Å². The Bertz CT molecular complexity index is 670. The van der Waals surface area contributed by atoms with Crippen molar-refractivity contribution in [2.75, 3.05) is 0 Å². The molecule has 128 valence electrons. The fraction of sp³-hybridized carbons (Fsp3) is 0.625. The molecule has 0 heterocycles. The van der Waals surface area contributed by atoms with Crippen LogP contribution in [-0.4, -0.2) is 19.4 Å². The average Bonchev–Trinajstić information content (AvgIpc) is 2.46. The highest BCUT2D eigenvalue weighted by atomic mass is 32.2. The van der Waals surface area contributed by atoms with Crippen LogP contribution in [0.4, 0.5) is 5.69 Å². The predicted molar refractivity (Wildman–Crippen MR) is 86.6 cm³/mol. The number of hydrogen-bond acceptors (Lipinski definition) is 5. The normalized spacial score (nSPS) is 22.7. The molecule has 0 amide bonds. The molecule has 23 heavy (non-hydrogen) atoms. The molecule has 1 aromatic rings. The SMILES string of the molecule is CC(C)(C)C1CCC(OS(=O)(=O)c2cccc([N+](=O)[O-])c2)CC1. The second-order valence-electron chi connectivity index (χ2n) is 7.14. The molecular formula is C16H23NO5S. The molecule has 2 rings (SSSR count). The van der Waals surface area contributed by atoms with Crippen LogP contribution >= 0.6 is 0 Å². The molecule has 0 aromatic heterocycles. The number of nitro groups is 1. The summed E-state index contributed by atoms with van der Waals surface area (Å²) in [5.41, 5.74) is -0.0460. The van der Waals surface area contributed by atoms with Gasteiger partial charge in [-0.05, 0) is 43.1 Å². The summed E-state index contributed by atoms with van der Waals surface area (Å²) >= 11 is 0. The zero-order valence-corrected chi connectivity index (χ0v) is 14.5. The topological polar surface area (TPSA) is 86.5 Å². The van der Waals surface area contributed by atoms with Crippen molar-refractivity contribution in [2.45, 2.75) is 57.5 Å². The molecule has 1 fully saturated rings. The number of non-ortho nitro benzene ring substituents is 1. The summed E-state index contributed by atoms with van der Waals surface area (Å²) in [6.45, 7) is 6.58. The van der Waals surface area contributed by atoms with Gasteiger partial charge in [0.1, 0.15) is 4.90 Å². The second-order valence-corrected chi connectivity index (χ2v) is 8.72. The summed E-state index contributed by atoms with van der Waals surface area (Å²) in [6, 6.07) is 4.97. The lowest BCUT2D eigenvalue weighted by Gasteiger charge is -2.36. The molecule has 0 radical (unpaired) electrons. The Morgan fingerprint density at radius 3 is 2.30 bits per heavy atom. The van der Waals surface area contributed by atoms with Crippen molar-refractivity contribution in [3.8, 4) is 0 Å². The molecule has 0 unspecified atom stereocenters. The van der Waals surface area contributed by atoms with Gasteiger partial charge in [0.05, 0.1) is 11.0 Å². The monoisotopic (exact) mass is 341 g/mol. The second kappa shape index (κ2) is 6.57. The molecule has 1 aromatic carbocycles. The maximum absolute atomic E-state index is 12.3. The Labute approximate surface area is 137 Å². The van der Waals surface area contributed by atoms with E-state index in [4.69, 9.17) is 4.18 Å². The van der Waals surface area contributed by atoms with Crippen LogP contribution in [0.5, 0.6) is 0 Å². The first-order valence-corrected chi connectivity index (χ1v) is 9.18. The molecule has 0 atom stereocenters. The van der Waals surface area contributed by atoms with Crippen molar-refractivity contribution in [1.82, 2.24) is 0 Å². The molecule has 0 aliphatic heterocycles. The number of rotatable bonds is 4. The summed E-state index contributed by atoms with van der Waals surface area (Å²) in [5.74, 6) is 0.558. The largest absolute Gasteiger partial charge is 0.297 e. The quantitative estimate of drug-likeness (QED) is 0.471. The van der Waals surface area contributed by atoms with Gasteiger partial charge in [-0.25, -0.2) is 0 Å². The summed E-state index contributed by atoms with van der Waals surface area (Å²) in [4.78, 5) is 9.99. The fourth-order valence-corrected chi connectivity index (χ4v) is 4.18. The van der Waals surface area contributed by atoms with Crippen molar-refractivity contribution < 1.29 is 17.5 Å². The molecular weight excluding hydrogens is 318 g/mol. The first-order valence-electron chi connectivity index (χ1n) is 7.77. The van der Waals surface area contributed by atoms with Crippen molar-refractivity contribution in [2.24, 2.45) is 11.3 Å². The van der Waals surface area contributed by atoms with E-state index < -0.39 is 15.0 Å². The van der Waals surface area contributed by atoms with Crippen molar-refractivity contribution in [1.29, 1.82) is 0 Å². The van der Waals surface area contributed by atoms with Gasteiger partial charge < -0.3 is 0 Å². The average molecular weight is 341 g/mol. The summed E-state index contributed by atoms with van der Waals surface area (Å²) in [7, 11) is -3.97. The minimum absolute atomic E-state index is 0.162. The van der Waals surface area contributed by atoms with E-state index in [1.807, 2.05) is 0 Å². The molecule has 0 N–H and O–H groups in total. The van der Waals surface area contributed by atoms with E-state index >= 15 is 0 Å². The van der Waals surface area contributed by atoms with Gasteiger partial charge >= 0.3 is 0 Å². The van der Waals surface area contributed by atoms with E-state index in [-0.39, 0.29) is 22.1 Å². The first kappa shape index (κ1) is 17.9. The van der Waals surface area contributed by atoms with Gasteiger partial charge in [0, 0.05) is 12.1 Å². The minimum Gasteiger partial charge on any atom is -0.263 e. The number of nitro benzene ring substituents is 1. The Balaban J connectivity index is 2.05. The fourth-order valence-electron chi connectivity index (χ4n) is 3.01. The van der Waals surface area contributed by atoms with Crippen LogP contribution in [0.1, 0.15) is 46.5 Å². The van der Waals surface area contributed by atoms with Gasteiger partial charge in [-0.2, -0.15) is 8.42 Å². The van der Waals surface area contributed by atoms with E-state index in [0.717, 1.165) is 18.9 Å². The Hall–Kier alpha value is -1.47. The van der Waals surface area contributed by atoms with Gasteiger partial charge in [0.2, 0.25) is 0 Å². The summed E-state index contributed by atoms with van der Waals surface area (Å²) in [6.07, 6.45) is 2.89. The van der Waals surface area contributed by atoms with Gasteiger partial charge in [0.15, 0.2) is 0 Å². The molecule has 1 saturated carbocycles. The lowest BCUT2D eigenvalue weighted by atomic mass is 9.72. The lowest BCUT2D eigenvalue weighted by molar-refractivity contribution is -0.385. The van der Waals surface area contributed by atoms with Gasteiger partial charge in [0.25, 0.3) is 15.8 Å². The Morgan fingerprint density at radius 1 is 1.17 bits per heavy atom. The highest BCUT2D eigenvalue weighted by Crippen LogP contribution is 2.39. The third kappa shape index (κ3) is 4.51. The summed E-state index contributed by atoms with van der Waals surface area (Å²) < 4.78 is 29.9. The molecule has 6 nitrogen and oxygen atoms in total. The van der Waals surface area contributed by atoms with Crippen LogP contribution in [0.3, 0.4) is 0 Å². The lowest BCUT2D eigenvalue weighted by Crippen LogP contribution is -2.30. The minimum atomic E-state index is -3.97. The van der Waals surface area contributed by atoms with Crippen LogP contribution in [0.2, 0.25) is 0 Å². The smallest absolute Gasteiger partial charge is 0.263 e. The zero-order valence-electron chi connectivity index (χ0n) is 13.7. The molecule has 1 aliphatic carbocycles. The molecule has 1 aliphatic rings. The van der Waals surface area contributed by atoms with Crippen molar-refractivity contribution in [3.05, 3.63) is 34.4 Å². The molecule has 7 heteroatoms. The van der Waals surface area contributed by atoms with Crippen LogP contribution < -0.4 is 0 Å². The molecule has 0 spiro atoms. The Kier molecular flexibility index (Phi) is 5.10. The highest BCUT2D eigenvalue weighted by Gasteiger charge is 2.32. The zero-order chi connectivity index (χ0) is 17.3. The van der Waals surface area contributed by atoms with E-state index in [1.54, 1.807) is 0 Å².